The smallest absolute Gasteiger partial charge is 0.216 e. The molecule has 8 aromatic carbocycles. The van der Waals surface area contributed by atoms with Crippen LogP contribution in [0.25, 0.3) is 101 Å². The van der Waals surface area contributed by atoms with E-state index in [9.17, 15) is 1.37 Å². The average Bonchev–Trinajstić information content (AvgIpc) is 1.15. The van der Waals surface area contributed by atoms with Crippen LogP contribution in [0.3, 0.4) is 0 Å². The molecule has 381 valence electrons. The fourth-order valence-corrected chi connectivity index (χ4v) is 10.0. The summed E-state index contributed by atoms with van der Waals surface area (Å²) >= 11 is 0. The van der Waals surface area contributed by atoms with Crippen LogP contribution in [-0.2, 0) is 20.1 Å². The molecule has 0 amide bonds. The van der Waals surface area contributed by atoms with Crippen LogP contribution in [0.4, 0.5) is 0 Å². The van der Waals surface area contributed by atoms with Crippen molar-refractivity contribution in [3.8, 4) is 56.4 Å². The summed E-state index contributed by atoms with van der Waals surface area (Å²) < 4.78 is 144. The van der Waals surface area contributed by atoms with Gasteiger partial charge in [0.05, 0.1) is 39.3 Å². The largest absolute Gasteiger partial charge is 0.486 e. The van der Waals surface area contributed by atoms with Crippen LogP contribution in [0.5, 0.6) is 0 Å². The molecule has 6 nitrogen and oxygen atoms in total. The number of pyridine rings is 1. The number of imidazole rings is 2. The van der Waals surface area contributed by atoms with Crippen molar-refractivity contribution in [1.29, 1.82) is 0 Å². The minimum Gasteiger partial charge on any atom is -0.486 e. The molecule has 0 N–H and O–H groups in total. The number of aromatic nitrogens is 5. The molecule has 0 aliphatic heterocycles. The van der Waals surface area contributed by atoms with Crippen molar-refractivity contribution in [1.82, 2.24) is 24.1 Å². The molecular weight excluding hydrogens is 1110 g/mol. The molecule has 12 rings (SSSR count). The van der Waals surface area contributed by atoms with Crippen molar-refractivity contribution < 1.29 is 46.5 Å². The number of aryl methyl sites for hydroxylation is 2. The number of furan rings is 1. The molecule has 0 bridgehead atoms. The van der Waals surface area contributed by atoms with Crippen LogP contribution in [0.2, 0.25) is 0 Å². The first-order chi connectivity index (χ1) is 42.9. The summed E-state index contributed by atoms with van der Waals surface area (Å²) in [6, 6.07) is 59.2. The second kappa shape index (κ2) is 21.5. The summed E-state index contributed by atoms with van der Waals surface area (Å²) in [5, 5.41) is 2.02. The first-order valence-electron chi connectivity index (χ1n) is 33.0. The normalized spacial score (nSPS) is 16.4. The zero-order valence-corrected chi connectivity index (χ0v) is 44.8. The van der Waals surface area contributed by atoms with Crippen molar-refractivity contribution in [3.05, 3.63) is 222 Å². The predicted molar refractivity (Wildman–Crippen MR) is 312 cm³/mol. The third-order valence-corrected chi connectivity index (χ3v) is 13.6. The van der Waals surface area contributed by atoms with Crippen molar-refractivity contribution in [2.75, 3.05) is 0 Å². The molecule has 1 atom stereocenters. The molecule has 4 aromatic heterocycles. The Morgan fingerprint density at radius 3 is 1.78 bits per heavy atom. The molecule has 0 saturated carbocycles. The van der Waals surface area contributed by atoms with E-state index in [2.05, 4.69) is 122 Å². The van der Waals surface area contributed by atoms with Gasteiger partial charge in [-0.15, -0.1) is 47.5 Å². The molecule has 12 aromatic rings. The van der Waals surface area contributed by atoms with Gasteiger partial charge in [0.1, 0.15) is 0 Å². The summed E-state index contributed by atoms with van der Waals surface area (Å²) in [4.78, 5) is 14.6. The van der Waals surface area contributed by atoms with Crippen LogP contribution in [0, 0.1) is 25.9 Å². The molecule has 0 saturated heterocycles. The fraction of sp³-hybridized carbons (Fsp3) is 0.203. The number of nitrogens with zero attached hydrogens (tertiary/aromatic N) is 5. The van der Waals surface area contributed by atoms with Gasteiger partial charge in [-0.05, 0) is 118 Å². The van der Waals surface area contributed by atoms with Gasteiger partial charge >= 0.3 is 0 Å². The van der Waals surface area contributed by atoms with E-state index >= 15 is 0 Å². The molecule has 0 fully saturated rings. The molecular formula is C69H63IrN5O-2. The number of fused-ring (bicyclic) bond motifs is 5. The molecule has 76 heavy (non-hydrogen) atoms. The molecule has 1 radical (unpaired) electrons. The van der Waals surface area contributed by atoms with Crippen molar-refractivity contribution in [2.45, 2.75) is 92.5 Å². The van der Waals surface area contributed by atoms with Gasteiger partial charge in [-0.25, -0.2) is 4.98 Å². The Morgan fingerprint density at radius 1 is 0.553 bits per heavy atom. The predicted octanol–water partition coefficient (Wildman–Crippen LogP) is 18.7. The van der Waals surface area contributed by atoms with E-state index in [1.165, 1.54) is 50.7 Å². The van der Waals surface area contributed by atoms with Crippen LogP contribution >= 0.6 is 0 Å². The minimum atomic E-state index is -3.55. The average molecular weight is 1190 g/mol. The second-order valence-corrected chi connectivity index (χ2v) is 19.2. The molecule has 0 aliphatic carbocycles. The number of para-hydroxylation sites is 5. The van der Waals surface area contributed by atoms with Gasteiger partial charge in [0, 0.05) is 64.5 Å². The number of hydrogen-bond donors (Lipinski definition) is 0. The molecule has 4 heterocycles. The summed E-state index contributed by atoms with van der Waals surface area (Å²) in [5.74, 6) is -5.21. The second-order valence-electron chi connectivity index (χ2n) is 19.2. The van der Waals surface area contributed by atoms with E-state index in [0.29, 0.717) is 23.1 Å². The monoisotopic (exact) mass is 1190 g/mol. The quantitative estimate of drug-likeness (QED) is 0.128. The van der Waals surface area contributed by atoms with E-state index in [-0.39, 0.29) is 53.7 Å². The third kappa shape index (κ3) is 9.52. The minimum absolute atomic E-state index is 0. The maximum Gasteiger partial charge on any atom is 0.216 e. The molecule has 0 spiro atoms. The van der Waals surface area contributed by atoms with Crippen molar-refractivity contribution in [3.63, 3.8) is 0 Å². The van der Waals surface area contributed by atoms with E-state index < -0.39 is 62.9 Å². The Labute approximate surface area is 483 Å². The van der Waals surface area contributed by atoms with Gasteiger partial charge in [-0.3, -0.25) is 9.97 Å². The zero-order chi connectivity index (χ0) is 65.5. The van der Waals surface area contributed by atoms with Gasteiger partial charge in [0.15, 0.2) is 0 Å². The Morgan fingerprint density at radius 2 is 1.14 bits per heavy atom. The van der Waals surface area contributed by atoms with Gasteiger partial charge in [-0.1, -0.05) is 182 Å². The Hall–Kier alpha value is -7.70. The maximum absolute atomic E-state index is 9.17. The van der Waals surface area contributed by atoms with Crippen LogP contribution in [0.15, 0.2) is 180 Å². The Bertz CT molecular complexity index is 4660. The van der Waals surface area contributed by atoms with Crippen molar-refractivity contribution in [2.24, 2.45) is 0 Å². The topological polar surface area (TPSA) is 61.7 Å². The van der Waals surface area contributed by atoms with E-state index in [1.807, 2.05) is 25.1 Å². The first-order valence-corrected chi connectivity index (χ1v) is 24.9. The SMILES string of the molecule is Cc1ccc2c(n1)oc1c(-c3nc4ccccc4n3-c3c(C(C)C)cc(-c4ccccc4)cc3C(C)C)[c-]ccc12.[2H]C([2H])C([2H])(c1cccc(C([2H])(C([2H])([2H])[2H])C([2H])([2H])[2H])c1-n1c(-c2[c-]cc(C([2H])([2H])[2H])c(-c3ccccc3)c2)nc2ccccc21)C([2H])([2H])[2H].[Ir]. The zero-order valence-electron chi connectivity index (χ0n) is 58.5. The summed E-state index contributed by atoms with van der Waals surface area (Å²) in [7, 11) is 0. The van der Waals surface area contributed by atoms with E-state index in [1.54, 1.807) is 48.5 Å². The molecule has 1 unspecified atom stereocenters. The van der Waals surface area contributed by atoms with Crippen molar-refractivity contribution >= 4 is 44.1 Å². The van der Waals surface area contributed by atoms with Gasteiger partial charge < -0.3 is 13.6 Å². The number of rotatable bonds is 10. The fourth-order valence-electron chi connectivity index (χ4n) is 10.0. The van der Waals surface area contributed by atoms with Gasteiger partial charge in [0.25, 0.3) is 0 Å². The Kier molecular flexibility index (Phi) is 10.1. The van der Waals surface area contributed by atoms with E-state index in [0.717, 1.165) is 62.7 Å². The van der Waals surface area contributed by atoms with Gasteiger partial charge in [-0.2, -0.15) is 0 Å². The standard InChI is InChI=1S/C37H32N3O.C32H31N2.Ir/c1-22(2)30-20-26(25-12-7-6-8-13-25)21-31(23(3)4)34(30)40-33-17-10-9-16-32(33)39-36(40)29-15-11-14-27-28-19-18-24(5)38-37(28)41-35(27)29;1-21(2)26-14-11-15-27(22(3)4)31(26)34-30-17-10-9-16-29(30)33-32(34)25-19-18-23(5)28(20-25)24-12-7-6-8-13-24;/h6-14,16-23H,1-5H3;6-18,20-22H,1-5H3;/q2*-1;/i;1D2,2D3,3D3,4D3,5D3,21D,22D;. The number of hydrogen-bond acceptors (Lipinski definition) is 4. The third-order valence-electron chi connectivity index (χ3n) is 13.6. The maximum atomic E-state index is 9.17. The summed E-state index contributed by atoms with van der Waals surface area (Å²) in [6.45, 7) is -4.41. The number of benzene rings is 8. The molecule has 7 heteroatoms. The molecule has 0 aliphatic rings. The van der Waals surface area contributed by atoms with Crippen LogP contribution in [0.1, 0.15) is 134 Å². The summed E-state index contributed by atoms with van der Waals surface area (Å²) in [5.41, 5.74) is 10.8. The van der Waals surface area contributed by atoms with Crippen LogP contribution in [-0.4, -0.2) is 24.1 Å². The first kappa shape index (κ1) is 35.5. The van der Waals surface area contributed by atoms with Crippen LogP contribution < -0.4 is 0 Å². The Balaban J connectivity index is 0.000000203. The summed E-state index contributed by atoms with van der Waals surface area (Å²) in [6.07, 6.45) is 0. The van der Waals surface area contributed by atoms with E-state index in [4.69, 9.17) is 34.9 Å². The van der Waals surface area contributed by atoms with Gasteiger partial charge in [0.2, 0.25) is 5.71 Å².